The first-order valence-electron chi connectivity index (χ1n) is 7.04. The average Bonchev–Trinajstić information content (AvgIpc) is 2.47. The van der Waals surface area contributed by atoms with Gasteiger partial charge in [-0.2, -0.15) is 0 Å². The van der Waals surface area contributed by atoms with Crippen LogP contribution in [0.2, 0.25) is 10.0 Å². The Bertz CT molecular complexity index is 574. The SMILES string of the molecule is CCNC(CSc1cccc(Cl)c1)Cc1ccccc1Cl. The maximum atomic E-state index is 6.25. The van der Waals surface area contributed by atoms with Crippen LogP contribution in [-0.4, -0.2) is 18.3 Å². The van der Waals surface area contributed by atoms with Crippen molar-refractivity contribution < 1.29 is 0 Å². The normalized spacial score (nSPS) is 12.3. The van der Waals surface area contributed by atoms with E-state index in [9.17, 15) is 0 Å². The fourth-order valence-corrected chi connectivity index (χ4v) is 3.64. The van der Waals surface area contributed by atoms with E-state index in [-0.39, 0.29) is 0 Å². The third-order valence-electron chi connectivity index (χ3n) is 3.16. The number of hydrogen-bond acceptors (Lipinski definition) is 2. The minimum Gasteiger partial charge on any atom is -0.313 e. The number of nitrogens with one attached hydrogen (secondary N) is 1. The molecule has 0 aliphatic heterocycles. The molecule has 1 atom stereocenters. The van der Waals surface area contributed by atoms with Crippen LogP contribution in [-0.2, 0) is 6.42 Å². The fraction of sp³-hybridized carbons (Fsp3) is 0.294. The smallest absolute Gasteiger partial charge is 0.0438 e. The molecule has 21 heavy (non-hydrogen) atoms. The van der Waals surface area contributed by atoms with Crippen molar-refractivity contribution in [1.82, 2.24) is 5.32 Å². The van der Waals surface area contributed by atoms with Gasteiger partial charge in [0, 0.05) is 26.7 Å². The fourth-order valence-electron chi connectivity index (χ4n) is 2.16. The lowest BCUT2D eigenvalue weighted by molar-refractivity contribution is 0.573. The molecule has 2 aromatic rings. The molecule has 0 aliphatic carbocycles. The van der Waals surface area contributed by atoms with Crippen LogP contribution < -0.4 is 5.32 Å². The lowest BCUT2D eigenvalue weighted by atomic mass is 10.1. The summed E-state index contributed by atoms with van der Waals surface area (Å²) in [5.74, 6) is 0.986. The highest BCUT2D eigenvalue weighted by atomic mass is 35.5. The van der Waals surface area contributed by atoms with Crippen LogP contribution in [0.3, 0.4) is 0 Å². The Morgan fingerprint density at radius 2 is 1.90 bits per heavy atom. The first-order chi connectivity index (χ1) is 10.2. The molecule has 0 saturated carbocycles. The Morgan fingerprint density at radius 1 is 1.10 bits per heavy atom. The second kappa shape index (κ2) is 8.70. The van der Waals surface area contributed by atoms with E-state index >= 15 is 0 Å². The van der Waals surface area contributed by atoms with Gasteiger partial charge in [-0.05, 0) is 42.8 Å². The van der Waals surface area contributed by atoms with E-state index in [1.807, 2.05) is 48.2 Å². The van der Waals surface area contributed by atoms with Gasteiger partial charge in [-0.25, -0.2) is 0 Å². The molecule has 0 amide bonds. The Hall–Kier alpha value is -0.670. The van der Waals surface area contributed by atoms with Gasteiger partial charge in [0.2, 0.25) is 0 Å². The third-order valence-corrected chi connectivity index (χ3v) is 4.92. The summed E-state index contributed by atoms with van der Waals surface area (Å²) in [6.45, 7) is 3.08. The summed E-state index contributed by atoms with van der Waals surface area (Å²) in [7, 11) is 0. The summed E-state index contributed by atoms with van der Waals surface area (Å²) < 4.78 is 0. The summed E-state index contributed by atoms with van der Waals surface area (Å²) in [4.78, 5) is 1.20. The Balaban J connectivity index is 1.97. The molecule has 0 fully saturated rings. The number of rotatable bonds is 7. The molecule has 2 rings (SSSR count). The molecular formula is C17H19Cl2NS. The van der Waals surface area contributed by atoms with E-state index in [4.69, 9.17) is 23.2 Å². The van der Waals surface area contributed by atoms with Crippen LogP contribution in [0.1, 0.15) is 12.5 Å². The van der Waals surface area contributed by atoms with Gasteiger partial charge in [0.15, 0.2) is 0 Å². The first-order valence-corrected chi connectivity index (χ1v) is 8.78. The van der Waals surface area contributed by atoms with Crippen molar-refractivity contribution >= 4 is 35.0 Å². The minimum absolute atomic E-state index is 0.388. The van der Waals surface area contributed by atoms with E-state index in [0.29, 0.717) is 6.04 Å². The van der Waals surface area contributed by atoms with Crippen molar-refractivity contribution in [2.45, 2.75) is 24.3 Å². The third kappa shape index (κ3) is 5.55. The van der Waals surface area contributed by atoms with Crippen LogP contribution in [0.25, 0.3) is 0 Å². The van der Waals surface area contributed by atoms with Crippen LogP contribution in [0, 0.1) is 0 Å². The Morgan fingerprint density at radius 3 is 2.62 bits per heavy atom. The molecular weight excluding hydrogens is 321 g/mol. The molecule has 0 aliphatic rings. The first kappa shape index (κ1) is 16.7. The highest BCUT2D eigenvalue weighted by Gasteiger charge is 2.11. The molecule has 1 N–H and O–H groups in total. The molecule has 1 nitrogen and oxygen atoms in total. The largest absolute Gasteiger partial charge is 0.313 e. The number of hydrogen-bond donors (Lipinski definition) is 1. The van der Waals surface area contributed by atoms with Crippen molar-refractivity contribution in [3.05, 3.63) is 64.1 Å². The van der Waals surface area contributed by atoms with Crippen LogP contribution in [0.4, 0.5) is 0 Å². The number of thioether (sulfide) groups is 1. The van der Waals surface area contributed by atoms with Gasteiger partial charge in [0.25, 0.3) is 0 Å². The molecule has 0 radical (unpaired) electrons. The van der Waals surface area contributed by atoms with E-state index in [2.05, 4.69) is 24.4 Å². The zero-order valence-corrected chi connectivity index (χ0v) is 14.3. The molecule has 0 saturated heterocycles. The zero-order chi connectivity index (χ0) is 15.1. The molecule has 1 unspecified atom stereocenters. The quantitative estimate of drug-likeness (QED) is 0.686. The van der Waals surface area contributed by atoms with E-state index < -0.39 is 0 Å². The van der Waals surface area contributed by atoms with Crippen LogP contribution in [0.5, 0.6) is 0 Å². The maximum absolute atomic E-state index is 6.25. The lowest BCUT2D eigenvalue weighted by Crippen LogP contribution is -2.33. The second-order valence-electron chi connectivity index (χ2n) is 4.82. The molecule has 0 bridgehead atoms. The predicted molar refractivity (Wildman–Crippen MR) is 94.8 cm³/mol. The van der Waals surface area contributed by atoms with Gasteiger partial charge >= 0.3 is 0 Å². The molecule has 0 aromatic heterocycles. The molecule has 112 valence electrons. The van der Waals surface area contributed by atoms with Gasteiger partial charge < -0.3 is 5.32 Å². The zero-order valence-electron chi connectivity index (χ0n) is 12.0. The van der Waals surface area contributed by atoms with Crippen molar-refractivity contribution in [3.63, 3.8) is 0 Å². The summed E-state index contributed by atoms with van der Waals surface area (Å²) in [6.07, 6.45) is 0.932. The van der Waals surface area contributed by atoms with Crippen molar-refractivity contribution in [3.8, 4) is 0 Å². The number of benzene rings is 2. The Kier molecular flexibility index (Phi) is 6.91. The molecule has 0 heterocycles. The second-order valence-corrected chi connectivity index (χ2v) is 6.76. The maximum Gasteiger partial charge on any atom is 0.0438 e. The van der Waals surface area contributed by atoms with Crippen LogP contribution >= 0.6 is 35.0 Å². The van der Waals surface area contributed by atoms with Gasteiger partial charge in [-0.15, -0.1) is 11.8 Å². The highest BCUT2D eigenvalue weighted by Crippen LogP contribution is 2.24. The van der Waals surface area contributed by atoms with Crippen molar-refractivity contribution in [2.75, 3.05) is 12.3 Å². The van der Waals surface area contributed by atoms with E-state index in [1.165, 1.54) is 10.5 Å². The van der Waals surface area contributed by atoms with Gasteiger partial charge in [0.05, 0.1) is 0 Å². The van der Waals surface area contributed by atoms with Gasteiger partial charge in [0.1, 0.15) is 0 Å². The summed E-state index contributed by atoms with van der Waals surface area (Å²) in [5.41, 5.74) is 1.19. The minimum atomic E-state index is 0.388. The van der Waals surface area contributed by atoms with E-state index in [1.54, 1.807) is 0 Å². The van der Waals surface area contributed by atoms with Crippen LogP contribution in [0.15, 0.2) is 53.4 Å². The topological polar surface area (TPSA) is 12.0 Å². The summed E-state index contributed by atoms with van der Waals surface area (Å²) in [6, 6.07) is 16.4. The molecule has 4 heteroatoms. The molecule has 2 aromatic carbocycles. The van der Waals surface area contributed by atoms with Crippen molar-refractivity contribution in [1.29, 1.82) is 0 Å². The van der Waals surface area contributed by atoms with Gasteiger partial charge in [-0.3, -0.25) is 0 Å². The van der Waals surface area contributed by atoms with E-state index in [0.717, 1.165) is 28.8 Å². The monoisotopic (exact) mass is 339 g/mol. The molecule has 0 spiro atoms. The number of likely N-dealkylation sites (N-methyl/N-ethyl adjacent to an activating group) is 1. The number of halogens is 2. The summed E-state index contributed by atoms with van der Waals surface area (Å²) >= 11 is 14.1. The predicted octanol–water partition coefficient (Wildman–Crippen LogP) is 5.31. The Labute approximate surface area is 141 Å². The lowest BCUT2D eigenvalue weighted by Gasteiger charge is -2.18. The standard InChI is InChI=1S/C17H19Cl2NS/c1-2-20-15(10-13-6-3-4-9-17(13)19)12-21-16-8-5-7-14(18)11-16/h3-9,11,15,20H,2,10,12H2,1H3. The van der Waals surface area contributed by atoms with Gasteiger partial charge in [-0.1, -0.05) is 54.4 Å². The van der Waals surface area contributed by atoms with Crippen molar-refractivity contribution in [2.24, 2.45) is 0 Å². The highest BCUT2D eigenvalue weighted by molar-refractivity contribution is 7.99. The average molecular weight is 340 g/mol. The summed E-state index contributed by atoms with van der Waals surface area (Å²) in [5, 5.41) is 5.16.